The molecule has 0 saturated heterocycles. The second-order valence-corrected chi connectivity index (χ2v) is 10.4. The van der Waals surface area contributed by atoms with Crippen LogP contribution in [0.2, 0.25) is 0 Å². The molecule has 0 spiro atoms. The predicted octanol–water partition coefficient (Wildman–Crippen LogP) is 5.58. The van der Waals surface area contributed by atoms with Gasteiger partial charge in [0.05, 0.1) is 32.3 Å². The van der Waals surface area contributed by atoms with Crippen molar-refractivity contribution >= 4 is 51.3 Å². The largest absolute Gasteiger partial charge is 0.397 e. The maximum atomic E-state index is 12.9. The molecular formula is C23H20N6OS3. The third-order valence-electron chi connectivity index (χ3n) is 4.95. The summed E-state index contributed by atoms with van der Waals surface area (Å²) in [6.45, 7) is 2.70. The van der Waals surface area contributed by atoms with Crippen LogP contribution in [0.1, 0.15) is 20.4 Å². The molecule has 0 aliphatic heterocycles. The molecule has 10 heteroatoms. The van der Waals surface area contributed by atoms with Gasteiger partial charge in [0.2, 0.25) is 0 Å². The highest BCUT2D eigenvalue weighted by atomic mass is 32.1. The fourth-order valence-corrected chi connectivity index (χ4v) is 5.63. The van der Waals surface area contributed by atoms with Crippen molar-refractivity contribution in [1.29, 1.82) is 0 Å². The molecule has 166 valence electrons. The molecule has 0 unspecified atom stereocenters. The highest BCUT2D eigenvalue weighted by molar-refractivity contribution is 7.17. The second-order valence-electron chi connectivity index (χ2n) is 7.40. The number of rotatable bonds is 7. The highest BCUT2D eigenvalue weighted by Gasteiger charge is 2.15. The fraction of sp³-hybridized carbons (Fsp3) is 0.130. The van der Waals surface area contributed by atoms with Crippen LogP contribution in [0.25, 0.3) is 21.0 Å². The summed E-state index contributed by atoms with van der Waals surface area (Å²) < 4.78 is 1.81. The number of benzene rings is 1. The predicted molar refractivity (Wildman–Crippen MR) is 136 cm³/mol. The number of amides is 1. The maximum Gasteiger partial charge on any atom is 0.265 e. The van der Waals surface area contributed by atoms with Gasteiger partial charge in [0.25, 0.3) is 5.91 Å². The normalized spacial score (nSPS) is 11.1. The van der Waals surface area contributed by atoms with Crippen molar-refractivity contribution < 1.29 is 4.79 Å². The quantitative estimate of drug-likeness (QED) is 0.289. The van der Waals surface area contributed by atoms with E-state index in [-0.39, 0.29) is 5.91 Å². The van der Waals surface area contributed by atoms with Crippen LogP contribution in [-0.4, -0.2) is 25.9 Å². The number of thiophene rings is 2. The highest BCUT2D eigenvalue weighted by Crippen LogP contribution is 2.32. The first-order valence-electron chi connectivity index (χ1n) is 10.2. The molecule has 0 aliphatic rings. The van der Waals surface area contributed by atoms with E-state index < -0.39 is 0 Å². The third kappa shape index (κ3) is 4.87. The Labute approximate surface area is 202 Å². The monoisotopic (exact) mass is 492 g/mol. The summed E-state index contributed by atoms with van der Waals surface area (Å²) in [6, 6.07) is 13.4. The smallest absolute Gasteiger partial charge is 0.265 e. The van der Waals surface area contributed by atoms with Crippen molar-refractivity contribution in [1.82, 2.24) is 20.0 Å². The zero-order valence-electron chi connectivity index (χ0n) is 17.7. The molecule has 1 amide bonds. The van der Waals surface area contributed by atoms with Crippen LogP contribution in [-0.2, 0) is 13.0 Å². The topological polar surface area (TPSA) is 98.7 Å². The number of hydrogen-bond acceptors (Lipinski definition) is 8. The molecule has 4 heterocycles. The number of carbonyl (C=O) groups excluding carboxylic acids is 1. The SMILES string of the molecule is Cc1csc(CCn2cc(-c3ccc(C(=O)Nc4cc(-c5cccs5)ccc4N)s3)nn2)n1. The van der Waals surface area contributed by atoms with Crippen LogP contribution in [0, 0.1) is 6.92 Å². The molecule has 3 N–H and O–H groups in total. The average Bonchev–Trinajstić information content (AvgIpc) is 3.60. The van der Waals surface area contributed by atoms with Gasteiger partial charge in [-0.05, 0) is 48.2 Å². The Morgan fingerprint density at radius 1 is 1.15 bits per heavy atom. The molecule has 5 rings (SSSR count). The van der Waals surface area contributed by atoms with E-state index in [1.807, 2.05) is 65.0 Å². The van der Waals surface area contributed by atoms with E-state index in [1.54, 1.807) is 28.7 Å². The van der Waals surface area contributed by atoms with Crippen molar-refractivity contribution in [3.8, 4) is 21.0 Å². The molecule has 0 bridgehead atoms. The number of thiazole rings is 1. The molecule has 0 fully saturated rings. The summed E-state index contributed by atoms with van der Waals surface area (Å²) in [5, 5.41) is 16.6. The van der Waals surface area contributed by atoms with E-state index in [4.69, 9.17) is 5.73 Å². The third-order valence-corrected chi connectivity index (χ3v) is 8.00. The van der Waals surface area contributed by atoms with E-state index in [0.29, 0.717) is 22.8 Å². The summed E-state index contributed by atoms with van der Waals surface area (Å²) in [5.41, 5.74) is 10.0. The lowest BCUT2D eigenvalue weighted by Gasteiger charge is -2.09. The van der Waals surface area contributed by atoms with Crippen molar-refractivity contribution in [2.24, 2.45) is 0 Å². The van der Waals surface area contributed by atoms with Crippen LogP contribution in [0.3, 0.4) is 0 Å². The van der Waals surface area contributed by atoms with E-state index in [9.17, 15) is 4.79 Å². The first kappa shape index (κ1) is 21.5. The number of nitrogens with one attached hydrogen (secondary N) is 1. The Morgan fingerprint density at radius 2 is 2.06 bits per heavy atom. The van der Waals surface area contributed by atoms with E-state index in [0.717, 1.165) is 38.1 Å². The lowest BCUT2D eigenvalue weighted by atomic mass is 10.1. The van der Waals surface area contributed by atoms with E-state index in [2.05, 4.69) is 20.6 Å². The zero-order valence-corrected chi connectivity index (χ0v) is 20.1. The molecular weight excluding hydrogens is 472 g/mol. The summed E-state index contributed by atoms with van der Waals surface area (Å²) in [6.07, 6.45) is 2.71. The maximum absolute atomic E-state index is 12.9. The van der Waals surface area contributed by atoms with Gasteiger partial charge in [-0.15, -0.1) is 39.1 Å². The van der Waals surface area contributed by atoms with Crippen LogP contribution in [0.15, 0.2) is 59.4 Å². The van der Waals surface area contributed by atoms with Crippen molar-refractivity contribution in [3.63, 3.8) is 0 Å². The van der Waals surface area contributed by atoms with E-state index >= 15 is 0 Å². The van der Waals surface area contributed by atoms with Gasteiger partial charge in [-0.1, -0.05) is 17.3 Å². The summed E-state index contributed by atoms with van der Waals surface area (Å²) >= 11 is 4.67. The number of carbonyl (C=O) groups is 1. The Balaban J connectivity index is 1.27. The van der Waals surface area contributed by atoms with Gasteiger partial charge < -0.3 is 11.1 Å². The van der Waals surface area contributed by atoms with Gasteiger partial charge in [-0.25, -0.2) is 4.98 Å². The number of nitrogens with zero attached hydrogens (tertiary/aromatic N) is 4. The summed E-state index contributed by atoms with van der Waals surface area (Å²) in [4.78, 5) is 19.9. The molecule has 0 atom stereocenters. The number of nitrogens with two attached hydrogens (primary N) is 1. The number of aromatic nitrogens is 4. The van der Waals surface area contributed by atoms with Gasteiger partial charge in [0, 0.05) is 28.9 Å². The number of aryl methyl sites for hydroxylation is 3. The Hall–Kier alpha value is -3.34. The molecule has 4 aromatic heterocycles. The first-order chi connectivity index (χ1) is 16.0. The standard InChI is InChI=1S/C23H20N6OS3/c1-14-13-32-22(25-14)8-9-29-12-18(27-28-29)20-6-7-21(33-20)23(30)26-17-11-15(4-5-16(17)24)19-3-2-10-31-19/h2-7,10-13H,8-9,24H2,1H3,(H,26,30). The van der Waals surface area contributed by atoms with Crippen molar-refractivity contribution in [2.75, 3.05) is 11.1 Å². The molecule has 7 nitrogen and oxygen atoms in total. The molecule has 33 heavy (non-hydrogen) atoms. The zero-order chi connectivity index (χ0) is 22.8. The van der Waals surface area contributed by atoms with Crippen LogP contribution >= 0.6 is 34.0 Å². The Morgan fingerprint density at radius 3 is 2.85 bits per heavy atom. The van der Waals surface area contributed by atoms with Crippen molar-refractivity contribution in [2.45, 2.75) is 19.9 Å². The molecule has 0 aliphatic carbocycles. The van der Waals surface area contributed by atoms with Crippen molar-refractivity contribution in [3.05, 3.63) is 75.0 Å². The lowest BCUT2D eigenvalue weighted by Crippen LogP contribution is -2.11. The Bertz CT molecular complexity index is 1400. The first-order valence-corrected chi connectivity index (χ1v) is 12.8. The van der Waals surface area contributed by atoms with Crippen LogP contribution in [0.5, 0.6) is 0 Å². The second kappa shape index (κ2) is 9.26. The summed E-state index contributed by atoms with van der Waals surface area (Å²) in [7, 11) is 0. The van der Waals surface area contributed by atoms with E-state index in [1.165, 1.54) is 11.3 Å². The minimum atomic E-state index is -0.201. The number of nitrogen functional groups attached to an aromatic ring is 1. The van der Waals surface area contributed by atoms with Gasteiger partial charge >= 0.3 is 0 Å². The molecule has 0 saturated carbocycles. The fourth-order valence-electron chi connectivity index (χ4n) is 3.29. The van der Waals surface area contributed by atoms with Gasteiger partial charge in [0.15, 0.2) is 0 Å². The number of anilines is 2. The molecule has 5 aromatic rings. The Kier molecular flexibility index (Phi) is 6.03. The van der Waals surface area contributed by atoms with Crippen LogP contribution < -0.4 is 11.1 Å². The van der Waals surface area contributed by atoms with Gasteiger partial charge in [0.1, 0.15) is 5.69 Å². The lowest BCUT2D eigenvalue weighted by molar-refractivity contribution is 0.103. The minimum absolute atomic E-state index is 0.201. The van der Waals surface area contributed by atoms with Crippen LogP contribution in [0.4, 0.5) is 11.4 Å². The minimum Gasteiger partial charge on any atom is -0.397 e. The van der Waals surface area contributed by atoms with Gasteiger partial charge in [-0.3, -0.25) is 9.48 Å². The number of hydrogen-bond donors (Lipinski definition) is 2. The summed E-state index contributed by atoms with van der Waals surface area (Å²) in [5.74, 6) is -0.201. The van der Waals surface area contributed by atoms with Gasteiger partial charge in [-0.2, -0.15) is 0 Å². The molecule has 0 radical (unpaired) electrons. The average molecular weight is 493 g/mol. The molecule has 1 aromatic carbocycles.